The molecule has 0 aliphatic carbocycles. The molecule has 3 rings (SSSR count). The SMILES string of the molecule is CNc1ncnc(-c2cccc3cnccc23)c1C. The Hall–Kier alpha value is -2.49. The first-order valence-corrected chi connectivity index (χ1v) is 6.13. The molecule has 0 atom stereocenters. The lowest BCUT2D eigenvalue weighted by Gasteiger charge is -2.11. The molecule has 3 aromatic rings. The van der Waals surface area contributed by atoms with E-state index >= 15 is 0 Å². The number of nitrogens with zero attached hydrogens (tertiary/aromatic N) is 3. The molecular formula is C15H14N4. The third-order valence-corrected chi connectivity index (χ3v) is 3.26. The van der Waals surface area contributed by atoms with Gasteiger partial charge in [-0.05, 0) is 18.4 Å². The summed E-state index contributed by atoms with van der Waals surface area (Å²) in [6.45, 7) is 2.03. The van der Waals surface area contributed by atoms with Crippen molar-refractivity contribution in [1.29, 1.82) is 0 Å². The van der Waals surface area contributed by atoms with Gasteiger partial charge < -0.3 is 5.32 Å². The number of aromatic nitrogens is 3. The van der Waals surface area contributed by atoms with Crippen LogP contribution in [-0.2, 0) is 0 Å². The van der Waals surface area contributed by atoms with Gasteiger partial charge in [0.25, 0.3) is 0 Å². The molecule has 94 valence electrons. The van der Waals surface area contributed by atoms with Crippen molar-refractivity contribution in [2.45, 2.75) is 6.92 Å². The Kier molecular flexibility index (Phi) is 2.83. The molecule has 4 heteroatoms. The molecule has 0 saturated heterocycles. The van der Waals surface area contributed by atoms with Crippen LogP contribution in [0.2, 0.25) is 0 Å². The fraction of sp³-hybridized carbons (Fsp3) is 0.133. The first kappa shape index (κ1) is 11.6. The number of hydrogen-bond acceptors (Lipinski definition) is 4. The Bertz CT molecular complexity index is 732. The van der Waals surface area contributed by atoms with Gasteiger partial charge >= 0.3 is 0 Å². The highest BCUT2D eigenvalue weighted by atomic mass is 15.0. The van der Waals surface area contributed by atoms with Gasteiger partial charge in [-0.1, -0.05) is 18.2 Å². The number of nitrogens with one attached hydrogen (secondary N) is 1. The maximum atomic E-state index is 4.44. The van der Waals surface area contributed by atoms with Gasteiger partial charge in [0.05, 0.1) is 5.69 Å². The van der Waals surface area contributed by atoms with E-state index in [0.29, 0.717) is 0 Å². The molecule has 0 amide bonds. The molecule has 0 bridgehead atoms. The zero-order valence-electron chi connectivity index (χ0n) is 10.9. The summed E-state index contributed by atoms with van der Waals surface area (Å²) >= 11 is 0. The number of benzene rings is 1. The summed E-state index contributed by atoms with van der Waals surface area (Å²) in [7, 11) is 1.87. The van der Waals surface area contributed by atoms with Crippen molar-refractivity contribution in [3.8, 4) is 11.3 Å². The third-order valence-electron chi connectivity index (χ3n) is 3.26. The Morgan fingerprint density at radius 2 is 2.00 bits per heavy atom. The lowest BCUT2D eigenvalue weighted by atomic mass is 10.0. The summed E-state index contributed by atoms with van der Waals surface area (Å²) in [6.07, 6.45) is 5.27. The van der Waals surface area contributed by atoms with Crippen molar-refractivity contribution in [3.05, 3.63) is 48.5 Å². The number of pyridine rings is 1. The molecule has 0 radical (unpaired) electrons. The van der Waals surface area contributed by atoms with Crippen molar-refractivity contribution in [2.24, 2.45) is 0 Å². The molecule has 1 aromatic carbocycles. The van der Waals surface area contributed by atoms with E-state index in [-0.39, 0.29) is 0 Å². The van der Waals surface area contributed by atoms with Crippen molar-refractivity contribution in [1.82, 2.24) is 15.0 Å². The first-order valence-electron chi connectivity index (χ1n) is 6.13. The molecule has 19 heavy (non-hydrogen) atoms. The highest BCUT2D eigenvalue weighted by Crippen LogP contribution is 2.30. The third kappa shape index (κ3) is 1.91. The second kappa shape index (κ2) is 4.65. The van der Waals surface area contributed by atoms with Crippen molar-refractivity contribution >= 4 is 16.6 Å². The molecule has 0 fully saturated rings. The zero-order valence-corrected chi connectivity index (χ0v) is 10.9. The molecule has 0 saturated carbocycles. The Morgan fingerprint density at radius 1 is 1.11 bits per heavy atom. The van der Waals surface area contributed by atoms with Gasteiger partial charge in [0.2, 0.25) is 0 Å². The van der Waals surface area contributed by atoms with Gasteiger partial charge in [-0.25, -0.2) is 9.97 Å². The van der Waals surface area contributed by atoms with Crippen molar-refractivity contribution in [2.75, 3.05) is 12.4 Å². The zero-order chi connectivity index (χ0) is 13.2. The van der Waals surface area contributed by atoms with E-state index in [9.17, 15) is 0 Å². The Labute approximate surface area is 111 Å². The quantitative estimate of drug-likeness (QED) is 0.759. The van der Waals surface area contributed by atoms with E-state index < -0.39 is 0 Å². The average Bonchev–Trinajstić information content (AvgIpc) is 2.47. The molecular weight excluding hydrogens is 236 g/mol. The molecule has 0 aliphatic rings. The van der Waals surface area contributed by atoms with Crippen LogP contribution in [0.3, 0.4) is 0 Å². The van der Waals surface area contributed by atoms with Crippen molar-refractivity contribution < 1.29 is 0 Å². The van der Waals surface area contributed by atoms with Crippen LogP contribution in [0.1, 0.15) is 5.56 Å². The number of fused-ring (bicyclic) bond motifs is 1. The summed E-state index contributed by atoms with van der Waals surface area (Å²) in [5.74, 6) is 0.857. The van der Waals surface area contributed by atoms with Crippen LogP contribution in [0.25, 0.3) is 22.0 Å². The van der Waals surface area contributed by atoms with Crippen LogP contribution < -0.4 is 5.32 Å². The van der Waals surface area contributed by atoms with Gasteiger partial charge in [-0.2, -0.15) is 0 Å². The lowest BCUT2D eigenvalue weighted by Crippen LogP contribution is -1.99. The van der Waals surface area contributed by atoms with E-state index in [4.69, 9.17) is 0 Å². The van der Waals surface area contributed by atoms with Gasteiger partial charge in [0, 0.05) is 36.0 Å². The van der Waals surface area contributed by atoms with Gasteiger partial charge in [-0.3, -0.25) is 4.98 Å². The normalized spacial score (nSPS) is 10.6. The largest absolute Gasteiger partial charge is 0.373 e. The summed E-state index contributed by atoms with van der Waals surface area (Å²) in [5, 5.41) is 5.36. The smallest absolute Gasteiger partial charge is 0.132 e. The predicted octanol–water partition coefficient (Wildman–Crippen LogP) is 3.04. The minimum absolute atomic E-state index is 0.857. The minimum Gasteiger partial charge on any atom is -0.373 e. The molecule has 0 spiro atoms. The van der Waals surface area contributed by atoms with E-state index in [0.717, 1.165) is 33.4 Å². The summed E-state index contributed by atoms with van der Waals surface area (Å²) in [6, 6.07) is 8.18. The van der Waals surface area contributed by atoms with Crippen LogP contribution in [0, 0.1) is 6.92 Å². The van der Waals surface area contributed by atoms with Gasteiger partial charge in [0.1, 0.15) is 12.1 Å². The maximum absolute atomic E-state index is 4.44. The van der Waals surface area contributed by atoms with Crippen molar-refractivity contribution in [3.63, 3.8) is 0 Å². The topological polar surface area (TPSA) is 50.7 Å². The highest BCUT2D eigenvalue weighted by Gasteiger charge is 2.10. The van der Waals surface area contributed by atoms with Crippen LogP contribution in [-0.4, -0.2) is 22.0 Å². The molecule has 1 N–H and O–H groups in total. The fourth-order valence-electron chi connectivity index (χ4n) is 2.30. The highest BCUT2D eigenvalue weighted by molar-refractivity contribution is 5.96. The average molecular weight is 250 g/mol. The van der Waals surface area contributed by atoms with Gasteiger partial charge in [0.15, 0.2) is 0 Å². The van der Waals surface area contributed by atoms with E-state index in [1.54, 1.807) is 12.5 Å². The first-order chi connectivity index (χ1) is 9.31. The summed E-state index contributed by atoms with van der Waals surface area (Å²) in [4.78, 5) is 12.8. The second-order valence-electron chi connectivity index (χ2n) is 4.35. The van der Waals surface area contributed by atoms with E-state index in [1.807, 2.05) is 32.3 Å². The Balaban J connectivity index is 2.31. The van der Waals surface area contributed by atoms with Crippen LogP contribution in [0.15, 0.2) is 43.0 Å². The standard InChI is InChI=1S/C15H14N4/c1-10-14(18-9-19-15(10)16-2)13-5-3-4-11-8-17-7-6-12(11)13/h3-9H,1-2H3,(H,16,18,19). The van der Waals surface area contributed by atoms with Crippen LogP contribution >= 0.6 is 0 Å². The molecule has 2 aromatic heterocycles. The van der Waals surface area contributed by atoms with Crippen LogP contribution in [0.4, 0.5) is 5.82 Å². The molecule has 0 aliphatic heterocycles. The van der Waals surface area contributed by atoms with Crippen LogP contribution in [0.5, 0.6) is 0 Å². The second-order valence-corrected chi connectivity index (χ2v) is 4.35. The molecule has 2 heterocycles. The monoisotopic (exact) mass is 250 g/mol. The number of anilines is 1. The lowest BCUT2D eigenvalue weighted by molar-refractivity contribution is 1.13. The van der Waals surface area contributed by atoms with E-state index in [2.05, 4.69) is 32.4 Å². The summed E-state index contributed by atoms with van der Waals surface area (Å²) in [5.41, 5.74) is 3.11. The molecule has 4 nitrogen and oxygen atoms in total. The summed E-state index contributed by atoms with van der Waals surface area (Å²) < 4.78 is 0. The molecule has 0 unspecified atom stereocenters. The minimum atomic E-state index is 0.857. The maximum Gasteiger partial charge on any atom is 0.132 e. The Morgan fingerprint density at radius 3 is 2.84 bits per heavy atom. The fourth-order valence-corrected chi connectivity index (χ4v) is 2.30. The van der Waals surface area contributed by atoms with E-state index in [1.165, 1.54) is 0 Å². The van der Waals surface area contributed by atoms with Gasteiger partial charge in [-0.15, -0.1) is 0 Å². The number of hydrogen-bond donors (Lipinski definition) is 1. The predicted molar refractivity (Wildman–Crippen MR) is 77.1 cm³/mol. The number of rotatable bonds is 2.